The van der Waals surface area contributed by atoms with Crippen molar-refractivity contribution in [2.75, 3.05) is 52.9 Å². The largest absolute Gasteiger partial charge is 0.493 e. The summed E-state index contributed by atoms with van der Waals surface area (Å²) in [5.41, 5.74) is 2.24. The van der Waals surface area contributed by atoms with Crippen LogP contribution in [0.5, 0.6) is 5.75 Å². The van der Waals surface area contributed by atoms with Gasteiger partial charge in [-0.05, 0) is 82.6 Å². The summed E-state index contributed by atoms with van der Waals surface area (Å²) in [5, 5.41) is 0.748. The zero-order chi connectivity index (χ0) is 24.3. The van der Waals surface area contributed by atoms with E-state index in [9.17, 15) is 4.79 Å². The van der Waals surface area contributed by atoms with Gasteiger partial charge in [-0.25, -0.2) is 0 Å². The molecule has 5 nitrogen and oxygen atoms in total. The van der Waals surface area contributed by atoms with Crippen molar-refractivity contribution in [3.05, 3.63) is 50.2 Å². The number of nitrogens with zero attached hydrogens (tertiary/aromatic N) is 3. The highest BCUT2D eigenvalue weighted by molar-refractivity contribution is 7.12. The Hall–Kier alpha value is -1.60. The number of amides is 1. The predicted molar refractivity (Wildman–Crippen MR) is 141 cm³/mol. The first-order chi connectivity index (χ1) is 16.2. The number of aryl methyl sites for hydroxylation is 3. The van der Waals surface area contributed by atoms with Crippen LogP contribution in [0.25, 0.3) is 0 Å². The maximum Gasteiger partial charge on any atom is 0.223 e. The topological polar surface area (TPSA) is 36.0 Å². The smallest absolute Gasteiger partial charge is 0.223 e. The molecule has 1 aromatic heterocycles. The van der Waals surface area contributed by atoms with Gasteiger partial charge in [0.15, 0.2) is 0 Å². The fraction of sp³-hybridized carbons (Fsp3) is 0.593. The van der Waals surface area contributed by atoms with Crippen LogP contribution in [-0.4, -0.2) is 73.5 Å². The molecule has 1 atom stereocenters. The molecular weight excluding hydrogens is 466 g/mol. The van der Waals surface area contributed by atoms with Crippen LogP contribution >= 0.6 is 22.9 Å². The number of likely N-dealkylation sites (N-methyl/N-ethyl adjacent to an activating group) is 1. The third-order valence-electron chi connectivity index (χ3n) is 7.33. The van der Waals surface area contributed by atoms with Crippen molar-refractivity contribution in [2.45, 2.75) is 46.6 Å². The summed E-state index contributed by atoms with van der Waals surface area (Å²) >= 11 is 8.09. The number of carbonyl (C=O) groups excluding carboxylic acids is 1. The van der Waals surface area contributed by atoms with Crippen LogP contribution in [0.2, 0.25) is 5.02 Å². The van der Waals surface area contributed by atoms with E-state index in [-0.39, 0.29) is 11.3 Å². The molecule has 1 aromatic carbocycles. The van der Waals surface area contributed by atoms with E-state index in [0.717, 1.165) is 75.0 Å². The number of piperidine rings is 1. The third-order valence-corrected chi connectivity index (χ3v) is 8.77. The Balaban J connectivity index is 1.50. The van der Waals surface area contributed by atoms with Gasteiger partial charge in [0.2, 0.25) is 5.91 Å². The molecule has 0 saturated carbocycles. The SMILES string of the molecule is Cc1cc(CN2CCC[C@@](COc3ccc(Cl)c(C)c3)(CC(=O)N3CCN(C)CC3)C2)c(C)s1. The van der Waals surface area contributed by atoms with Gasteiger partial charge in [-0.1, -0.05) is 11.6 Å². The van der Waals surface area contributed by atoms with Gasteiger partial charge in [0.25, 0.3) is 0 Å². The zero-order valence-corrected chi connectivity index (χ0v) is 22.6. The van der Waals surface area contributed by atoms with Gasteiger partial charge in [-0.2, -0.15) is 0 Å². The number of likely N-dealkylation sites (tertiary alicyclic amines) is 1. The van der Waals surface area contributed by atoms with Crippen molar-refractivity contribution < 1.29 is 9.53 Å². The van der Waals surface area contributed by atoms with E-state index in [2.05, 4.69) is 41.7 Å². The summed E-state index contributed by atoms with van der Waals surface area (Å²) in [7, 11) is 2.12. The van der Waals surface area contributed by atoms with Crippen molar-refractivity contribution in [2.24, 2.45) is 5.41 Å². The number of halogens is 1. The molecule has 2 aromatic rings. The van der Waals surface area contributed by atoms with E-state index in [1.165, 1.54) is 15.3 Å². The van der Waals surface area contributed by atoms with Gasteiger partial charge < -0.3 is 14.5 Å². The Kier molecular flexibility index (Phi) is 8.24. The molecule has 186 valence electrons. The van der Waals surface area contributed by atoms with Gasteiger partial charge >= 0.3 is 0 Å². The Bertz CT molecular complexity index is 1000. The summed E-state index contributed by atoms with van der Waals surface area (Å²) < 4.78 is 6.35. The number of thiophene rings is 1. The molecule has 4 rings (SSSR count). The van der Waals surface area contributed by atoms with Crippen LogP contribution in [0, 0.1) is 26.2 Å². The zero-order valence-electron chi connectivity index (χ0n) is 21.0. The molecule has 2 saturated heterocycles. The molecule has 1 amide bonds. The second-order valence-corrected chi connectivity index (χ2v) is 12.2. The first-order valence-electron chi connectivity index (χ1n) is 12.4. The van der Waals surface area contributed by atoms with Crippen molar-refractivity contribution in [1.29, 1.82) is 0 Å². The van der Waals surface area contributed by atoms with Gasteiger partial charge in [-0.15, -0.1) is 11.3 Å². The number of rotatable bonds is 7. The molecule has 2 aliphatic heterocycles. The monoisotopic (exact) mass is 503 g/mol. The highest BCUT2D eigenvalue weighted by Gasteiger charge is 2.40. The van der Waals surface area contributed by atoms with Gasteiger partial charge in [0.05, 0.1) is 6.61 Å². The molecule has 2 aliphatic rings. The molecule has 3 heterocycles. The Morgan fingerprint density at radius 1 is 1.12 bits per heavy atom. The lowest BCUT2D eigenvalue weighted by atomic mass is 9.77. The average Bonchev–Trinajstić information content (AvgIpc) is 3.11. The standard InChI is InChI=1S/C27H38ClN3O2S/c1-20-14-24(6-7-25(20)28)33-19-27(16-26(32)31-12-10-29(4)11-13-31)8-5-9-30(18-27)17-23-15-21(2)34-22(23)3/h6-7,14-15H,5,8-13,16-19H2,1-4H3/t27-/m1/s1. The van der Waals surface area contributed by atoms with Crippen molar-refractivity contribution in [3.63, 3.8) is 0 Å². The highest BCUT2D eigenvalue weighted by Crippen LogP contribution is 2.37. The van der Waals surface area contributed by atoms with Crippen LogP contribution < -0.4 is 4.74 Å². The summed E-state index contributed by atoms with van der Waals surface area (Å²) in [5.74, 6) is 1.10. The lowest BCUT2D eigenvalue weighted by Gasteiger charge is -2.43. The maximum absolute atomic E-state index is 13.4. The second-order valence-electron chi connectivity index (χ2n) is 10.3. The molecule has 34 heavy (non-hydrogen) atoms. The minimum Gasteiger partial charge on any atom is -0.493 e. The maximum atomic E-state index is 13.4. The first kappa shape index (κ1) is 25.5. The third kappa shape index (κ3) is 6.34. The lowest BCUT2D eigenvalue weighted by molar-refractivity contribution is -0.137. The Morgan fingerprint density at radius 2 is 1.88 bits per heavy atom. The number of carbonyl (C=O) groups is 1. The van der Waals surface area contributed by atoms with Gasteiger partial charge in [0.1, 0.15) is 5.75 Å². The average molecular weight is 504 g/mol. The predicted octanol–water partition coefficient (Wildman–Crippen LogP) is 5.15. The van der Waals surface area contributed by atoms with E-state index >= 15 is 0 Å². The molecule has 2 fully saturated rings. The number of ether oxygens (including phenoxy) is 1. The van der Waals surface area contributed by atoms with Crippen molar-refractivity contribution >= 4 is 28.8 Å². The second kappa shape index (κ2) is 11.0. The molecule has 0 bridgehead atoms. The van der Waals surface area contributed by atoms with Crippen LogP contribution in [-0.2, 0) is 11.3 Å². The lowest BCUT2D eigenvalue weighted by Crippen LogP contribution is -2.52. The van der Waals surface area contributed by atoms with Crippen LogP contribution in [0.4, 0.5) is 0 Å². The van der Waals surface area contributed by atoms with E-state index < -0.39 is 0 Å². The molecule has 7 heteroatoms. The van der Waals surface area contributed by atoms with Crippen LogP contribution in [0.3, 0.4) is 0 Å². The Labute approximate surface area is 213 Å². The van der Waals surface area contributed by atoms with Crippen LogP contribution in [0.1, 0.15) is 40.1 Å². The molecular formula is C27H38ClN3O2S. The van der Waals surface area contributed by atoms with Crippen LogP contribution in [0.15, 0.2) is 24.3 Å². The minimum atomic E-state index is -0.189. The van der Waals surface area contributed by atoms with Crippen molar-refractivity contribution in [3.8, 4) is 5.75 Å². The van der Waals surface area contributed by atoms with Crippen molar-refractivity contribution in [1.82, 2.24) is 14.7 Å². The minimum absolute atomic E-state index is 0.189. The summed E-state index contributed by atoms with van der Waals surface area (Å²) in [6, 6.07) is 8.14. The quantitative estimate of drug-likeness (QED) is 0.523. The van der Waals surface area contributed by atoms with Gasteiger partial charge in [0, 0.05) is 65.9 Å². The summed E-state index contributed by atoms with van der Waals surface area (Å²) in [6.45, 7) is 13.4. The highest BCUT2D eigenvalue weighted by atomic mass is 35.5. The summed E-state index contributed by atoms with van der Waals surface area (Å²) in [4.78, 5) is 23.1. The molecule has 0 spiro atoms. The fourth-order valence-corrected chi connectivity index (χ4v) is 6.33. The van der Waals surface area contributed by atoms with Gasteiger partial charge in [-0.3, -0.25) is 9.69 Å². The normalized spacial score (nSPS) is 22.2. The molecule has 0 N–H and O–H groups in total. The number of piperazine rings is 1. The molecule has 0 radical (unpaired) electrons. The molecule has 0 aliphatic carbocycles. The van der Waals surface area contributed by atoms with E-state index in [4.69, 9.17) is 16.3 Å². The number of hydrogen-bond acceptors (Lipinski definition) is 5. The summed E-state index contributed by atoms with van der Waals surface area (Å²) in [6.07, 6.45) is 2.64. The number of hydrogen-bond donors (Lipinski definition) is 0. The fourth-order valence-electron chi connectivity index (χ4n) is 5.27. The number of benzene rings is 1. The Morgan fingerprint density at radius 3 is 2.56 bits per heavy atom. The first-order valence-corrected chi connectivity index (χ1v) is 13.6. The van der Waals surface area contributed by atoms with E-state index in [1.807, 2.05) is 36.5 Å². The molecule has 0 unspecified atom stereocenters. The van der Waals surface area contributed by atoms with E-state index in [1.54, 1.807) is 0 Å². The van der Waals surface area contributed by atoms with E-state index in [0.29, 0.717) is 13.0 Å².